The molecule has 19 rings (SSSR count). The number of carbonyl (C=O) groups excluding carboxylic acids is 3. The summed E-state index contributed by atoms with van der Waals surface area (Å²) in [5.74, 6) is -3.55. The predicted octanol–water partition coefficient (Wildman–Crippen LogP) is 13.7. The second-order valence-corrected chi connectivity index (χ2v) is 38.1. The van der Waals surface area contributed by atoms with E-state index < -0.39 is 53.3 Å². The van der Waals surface area contributed by atoms with Crippen molar-refractivity contribution in [2.24, 2.45) is 0 Å². The van der Waals surface area contributed by atoms with E-state index in [1.54, 1.807) is 0 Å². The number of ether oxygens (including phenoxy) is 4. The SMILES string of the molecule is C=C(F)C(=O)N1CCN(c2nc(OCC3CC(c4ccc(N5CCc6c(nc(OCC7CN(Cc8cc(N9CCc%10c(nc(OCC%11(C)CCCN%11CCC)nc%10N%10CCN(C(=O)C(=C)F)[C@@H](CC#N)C%10)C9)c9c(C)cccc9c8)CCO7)nc6N6CCN(C(=O)C(=C)F)[C@@H](CC#N)C6)C5)c5c(C)cccc45)N3C3CC3)nc3c2CCN(c2cccc4cccc(C)c24)C3)C[C@@H]1CC#N. The number of nitriles is 3. The van der Waals surface area contributed by atoms with Crippen LogP contribution in [0, 0.1) is 54.8 Å². The van der Waals surface area contributed by atoms with Crippen molar-refractivity contribution in [2.45, 2.75) is 186 Å². The summed E-state index contributed by atoms with van der Waals surface area (Å²) in [5.41, 5.74) is 14.3. The van der Waals surface area contributed by atoms with Crippen molar-refractivity contribution in [2.75, 3.05) is 161 Å². The van der Waals surface area contributed by atoms with Crippen LogP contribution in [0.25, 0.3) is 32.3 Å². The van der Waals surface area contributed by atoms with Crippen molar-refractivity contribution in [1.29, 1.82) is 15.8 Å². The number of anilines is 6. The first-order valence-corrected chi connectivity index (χ1v) is 47.5. The van der Waals surface area contributed by atoms with E-state index in [4.69, 9.17) is 48.9 Å². The largest absolute Gasteiger partial charge is 0.462 e. The molecule has 7 fully saturated rings. The minimum atomic E-state index is -1.08. The van der Waals surface area contributed by atoms with E-state index in [9.17, 15) is 43.3 Å². The average Bonchev–Trinajstić information content (AvgIpc) is 1.56. The van der Waals surface area contributed by atoms with E-state index in [0.717, 1.165) is 141 Å². The van der Waals surface area contributed by atoms with Gasteiger partial charge in [-0.05, 0) is 167 Å². The number of carbonyl (C=O) groups is 3. The van der Waals surface area contributed by atoms with E-state index in [1.807, 2.05) is 0 Å². The third kappa shape index (κ3) is 18.0. The Morgan fingerprint density at radius 3 is 1.51 bits per heavy atom. The fourth-order valence-electron chi connectivity index (χ4n) is 22.6. The van der Waals surface area contributed by atoms with Gasteiger partial charge in [0, 0.05) is 166 Å². The van der Waals surface area contributed by atoms with Gasteiger partial charge in [-0.1, -0.05) is 99.5 Å². The summed E-state index contributed by atoms with van der Waals surface area (Å²) in [6.45, 7) is 31.7. The average molecular weight is 1820 g/mol. The molecule has 1 saturated carbocycles. The lowest BCUT2D eigenvalue weighted by Gasteiger charge is -2.49. The van der Waals surface area contributed by atoms with Gasteiger partial charge in [-0.25, -0.2) is 13.2 Å². The maximum Gasteiger partial charge on any atom is 0.318 e. The van der Waals surface area contributed by atoms with Crippen molar-refractivity contribution in [1.82, 2.24) is 59.3 Å². The number of aryl methyl sites for hydroxylation is 3. The number of aromatic nitrogens is 6. The number of likely N-dealkylation sites (tertiary alicyclic amines) is 2. The van der Waals surface area contributed by atoms with Crippen LogP contribution in [-0.4, -0.2) is 250 Å². The van der Waals surface area contributed by atoms with Crippen molar-refractivity contribution in [3.8, 4) is 36.2 Å². The topological polar surface area (TPSA) is 276 Å². The summed E-state index contributed by atoms with van der Waals surface area (Å²) in [5, 5.41) is 37.1. The minimum Gasteiger partial charge on any atom is -0.462 e. The fraction of sp³-hybridized carbons (Fsp3) is 0.476. The number of nitrogens with zero attached hydrogens (tertiary/aromatic N) is 21. The molecule has 9 aliphatic heterocycles. The minimum absolute atomic E-state index is 0.0137. The van der Waals surface area contributed by atoms with Crippen LogP contribution in [-0.2, 0) is 64.6 Å². The highest BCUT2D eigenvalue weighted by atomic mass is 19.1. The summed E-state index contributed by atoms with van der Waals surface area (Å²) < 4.78 is 70.7. The van der Waals surface area contributed by atoms with E-state index in [1.165, 1.54) is 36.6 Å². The molecule has 6 saturated heterocycles. The molecule has 696 valence electrons. The van der Waals surface area contributed by atoms with Crippen molar-refractivity contribution < 1.29 is 46.5 Å². The number of halogens is 3. The number of fused-ring (bicyclic) bond motifs is 6. The number of morpholine rings is 1. The third-order valence-electron chi connectivity index (χ3n) is 29.4. The molecule has 0 N–H and O–H groups in total. The zero-order valence-electron chi connectivity index (χ0n) is 77.2. The molecule has 0 bridgehead atoms. The Hall–Kier alpha value is -12.7. The standard InChI is InChI=1S/C103H116F3N21O7/c1-9-37-123-38-14-33-103(123,8)63-134-102-112-86-60-119(41-32-83(86)96(115-102)122-44-47-126(99(130)69(7)106)76(56-122)29-36-109)90-51-70(50-72-20-11-16-65(3)92(72)90)53-116-48-49-131-78(57-116)62-133-101-111-85-59-118(40-31-82(85)95(114-101)121-43-46-125(98(129)68(6)105)75(55-121)28-35-108)88-26-25-79(80-21-12-17-66(4)93(80)88)89-52-77(127(89)73-23-24-73)61-132-100-110-84-58-117(87-22-13-19-71-18-10-15-64(2)91(71)87)39-30-81(84)94(113-100)120-42-45-124(97(128)67(5)104)74(54-120)27-34-107/h10-13,15-22,25-26,50-51,73-78,89H,5-7,9,14,23-24,27-33,37-49,52-63H2,1-4,8H3/t74-,75-,76-,77?,78?,89?,103?/m0/s1. The maximum absolute atomic E-state index is 14.7. The summed E-state index contributed by atoms with van der Waals surface area (Å²) in [4.78, 5) is 96.4. The highest BCUT2D eigenvalue weighted by Gasteiger charge is 2.49. The third-order valence-corrected chi connectivity index (χ3v) is 29.4. The van der Waals surface area contributed by atoms with Gasteiger partial charge in [0.1, 0.15) is 43.4 Å². The molecule has 3 amide bonds. The second-order valence-electron chi connectivity index (χ2n) is 38.1. The molecule has 28 nitrogen and oxygen atoms in total. The molecule has 6 aromatic carbocycles. The number of hydrogen-bond acceptors (Lipinski definition) is 25. The summed E-state index contributed by atoms with van der Waals surface area (Å²) >= 11 is 0. The molecule has 0 spiro atoms. The Balaban J connectivity index is 0.570. The van der Waals surface area contributed by atoms with Gasteiger partial charge in [-0.15, -0.1) is 0 Å². The number of piperazine rings is 3. The number of hydrogen-bond donors (Lipinski definition) is 0. The lowest BCUT2D eigenvalue weighted by Crippen LogP contribution is -2.56. The number of benzene rings is 6. The van der Waals surface area contributed by atoms with Gasteiger partial charge in [0.15, 0.2) is 17.5 Å². The van der Waals surface area contributed by atoms with Crippen LogP contribution >= 0.6 is 0 Å². The lowest BCUT2D eigenvalue weighted by molar-refractivity contribution is -0.132. The molecule has 3 aromatic heterocycles. The number of rotatable bonds is 27. The Kier molecular flexibility index (Phi) is 25.9. The fourth-order valence-corrected chi connectivity index (χ4v) is 22.6. The zero-order chi connectivity index (χ0) is 92.9. The van der Waals surface area contributed by atoms with Gasteiger partial charge in [0.2, 0.25) is 0 Å². The molecule has 7 atom stereocenters. The van der Waals surface area contributed by atoms with Crippen LogP contribution in [0.3, 0.4) is 0 Å². The summed E-state index contributed by atoms with van der Waals surface area (Å²) in [6.07, 6.45) is 7.50. The van der Waals surface area contributed by atoms with Crippen LogP contribution < -0.4 is 43.6 Å². The molecule has 4 unspecified atom stereocenters. The zero-order valence-corrected chi connectivity index (χ0v) is 77.2. The molecule has 134 heavy (non-hydrogen) atoms. The van der Waals surface area contributed by atoms with Gasteiger partial charge >= 0.3 is 18.0 Å². The normalized spacial score (nSPS) is 22.3. The molecule has 12 heterocycles. The van der Waals surface area contributed by atoms with Gasteiger partial charge in [0.05, 0.1) is 104 Å². The summed E-state index contributed by atoms with van der Waals surface area (Å²) in [6, 6.07) is 41.1. The predicted molar refractivity (Wildman–Crippen MR) is 508 cm³/mol. The molecular formula is C103H116F3N21O7. The van der Waals surface area contributed by atoms with Crippen LogP contribution in [0.4, 0.5) is 47.7 Å². The molecule has 9 aromatic rings. The van der Waals surface area contributed by atoms with Crippen molar-refractivity contribution in [3.63, 3.8) is 0 Å². The van der Waals surface area contributed by atoms with Crippen molar-refractivity contribution >= 4 is 84.6 Å². The van der Waals surface area contributed by atoms with E-state index >= 15 is 0 Å². The lowest BCUT2D eigenvalue weighted by atomic mass is 9.83. The van der Waals surface area contributed by atoms with E-state index in [2.05, 4.69) is 214 Å². The van der Waals surface area contributed by atoms with Crippen LogP contribution in [0.5, 0.6) is 18.0 Å². The van der Waals surface area contributed by atoms with Gasteiger partial charge < -0.3 is 63.0 Å². The van der Waals surface area contributed by atoms with Crippen molar-refractivity contribution in [3.05, 3.63) is 196 Å². The van der Waals surface area contributed by atoms with Crippen LogP contribution in [0.15, 0.2) is 134 Å². The number of amides is 3. The van der Waals surface area contributed by atoms with Crippen LogP contribution in [0.1, 0.15) is 139 Å². The van der Waals surface area contributed by atoms with E-state index in [-0.39, 0.29) is 107 Å². The Bertz CT molecular complexity index is 6250. The maximum atomic E-state index is 14.7. The first kappa shape index (κ1) is 90.4. The van der Waals surface area contributed by atoms with Crippen LogP contribution in [0.2, 0.25) is 0 Å². The van der Waals surface area contributed by atoms with Gasteiger partial charge in [0.25, 0.3) is 17.7 Å². The highest BCUT2D eigenvalue weighted by molar-refractivity contribution is 6.01. The first-order chi connectivity index (χ1) is 65.0. The Morgan fingerprint density at radius 1 is 0.515 bits per heavy atom. The molecule has 10 aliphatic rings. The molecule has 31 heteroatoms. The summed E-state index contributed by atoms with van der Waals surface area (Å²) in [7, 11) is 0. The first-order valence-electron chi connectivity index (χ1n) is 47.5. The molecular weight excluding hydrogens is 1700 g/mol. The van der Waals surface area contributed by atoms with E-state index in [0.29, 0.717) is 141 Å². The van der Waals surface area contributed by atoms with Gasteiger partial charge in [-0.2, -0.15) is 45.7 Å². The highest BCUT2D eigenvalue weighted by Crippen LogP contribution is 2.51. The molecule has 0 radical (unpaired) electrons. The Labute approximate surface area is 780 Å². The second kappa shape index (κ2) is 38.3. The Morgan fingerprint density at radius 2 is 0.993 bits per heavy atom. The monoisotopic (exact) mass is 1820 g/mol. The van der Waals surface area contributed by atoms with Gasteiger partial charge in [-0.3, -0.25) is 29.1 Å². The smallest absolute Gasteiger partial charge is 0.318 e. The molecule has 1 aliphatic carbocycles. The quantitative estimate of drug-likeness (QED) is 0.0433.